The first kappa shape index (κ1) is 18.1. The predicted octanol–water partition coefficient (Wildman–Crippen LogP) is 1.86. The lowest BCUT2D eigenvalue weighted by molar-refractivity contribution is -0.143. The van der Waals surface area contributed by atoms with Crippen LogP contribution in [0.15, 0.2) is 36.7 Å². The van der Waals surface area contributed by atoms with Gasteiger partial charge in [-0.1, -0.05) is 12.1 Å². The Morgan fingerprint density at radius 1 is 1.19 bits per heavy atom. The van der Waals surface area contributed by atoms with Gasteiger partial charge in [0.05, 0.1) is 5.69 Å². The van der Waals surface area contributed by atoms with Gasteiger partial charge in [-0.2, -0.15) is 5.10 Å². The summed E-state index contributed by atoms with van der Waals surface area (Å²) in [5.74, 6) is -0.857. The van der Waals surface area contributed by atoms with Crippen LogP contribution in [0, 0.1) is 6.92 Å². The van der Waals surface area contributed by atoms with Crippen molar-refractivity contribution in [3.8, 4) is 5.69 Å². The van der Waals surface area contributed by atoms with Crippen LogP contribution in [0.4, 0.5) is 0 Å². The third kappa shape index (κ3) is 3.77. The summed E-state index contributed by atoms with van der Waals surface area (Å²) in [6.45, 7) is 5.90. The van der Waals surface area contributed by atoms with Crippen LogP contribution < -0.4 is 0 Å². The maximum Gasteiger partial charge on any atom is 0.325 e. The highest BCUT2D eigenvalue weighted by atomic mass is 16.4. The number of rotatable bonds is 4. The van der Waals surface area contributed by atoms with Crippen molar-refractivity contribution in [2.24, 2.45) is 0 Å². The molecule has 0 radical (unpaired) electrons. The standard InChI is InChI=1S/C19H24N4O3/c1-14-5-6-16(17(13-14)23-10-3-7-20-23)18(19(25)26)22-9-4-8-21(11-12-22)15(2)24/h3,5-7,10,13,18H,4,8-9,11-12H2,1-2H3,(H,25,26)/t18-/m1/s1. The van der Waals surface area contributed by atoms with Gasteiger partial charge in [-0.15, -0.1) is 0 Å². The normalized spacial score (nSPS) is 16.9. The Kier molecular flexibility index (Phi) is 5.37. The zero-order valence-corrected chi connectivity index (χ0v) is 15.1. The van der Waals surface area contributed by atoms with Gasteiger partial charge in [0.15, 0.2) is 0 Å². The van der Waals surface area contributed by atoms with E-state index in [0.717, 1.165) is 17.7 Å². The zero-order chi connectivity index (χ0) is 18.7. The van der Waals surface area contributed by atoms with Crippen LogP contribution in [0.25, 0.3) is 5.69 Å². The molecule has 1 saturated heterocycles. The number of aliphatic carboxylic acids is 1. The number of benzene rings is 1. The summed E-state index contributed by atoms with van der Waals surface area (Å²) in [6, 6.07) is 6.80. The van der Waals surface area contributed by atoms with Crippen molar-refractivity contribution >= 4 is 11.9 Å². The molecule has 1 fully saturated rings. The number of hydrogen-bond acceptors (Lipinski definition) is 4. The number of carboxylic acid groups (broad SMARTS) is 1. The van der Waals surface area contributed by atoms with Gasteiger partial charge in [-0.05, 0) is 31.0 Å². The Hall–Kier alpha value is -2.67. The lowest BCUT2D eigenvalue weighted by Crippen LogP contribution is -2.38. The third-order valence-corrected chi connectivity index (χ3v) is 4.81. The van der Waals surface area contributed by atoms with Gasteiger partial charge in [0.2, 0.25) is 5.91 Å². The summed E-state index contributed by atoms with van der Waals surface area (Å²) in [5.41, 5.74) is 2.53. The molecule has 138 valence electrons. The number of nitrogens with zero attached hydrogens (tertiary/aromatic N) is 4. The minimum absolute atomic E-state index is 0.0336. The van der Waals surface area contributed by atoms with Crippen molar-refractivity contribution in [2.75, 3.05) is 26.2 Å². The molecule has 1 aromatic carbocycles. The van der Waals surface area contributed by atoms with Crippen LogP contribution >= 0.6 is 0 Å². The van der Waals surface area contributed by atoms with Gasteiger partial charge in [-0.3, -0.25) is 14.5 Å². The van der Waals surface area contributed by atoms with Crippen molar-refractivity contribution < 1.29 is 14.7 Å². The molecule has 0 saturated carbocycles. The molecule has 0 aliphatic carbocycles. The molecule has 1 aromatic heterocycles. The number of carbonyl (C=O) groups is 2. The average Bonchev–Trinajstić information content (AvgIpc) is 3.01. The number of amides is 1. The molecule has 26 heavy (non-hydrogen) atoms. The second-order valence-electron chi connectivity index (χ2n) is 6.65. The molecule has 1 amide bonds. The van der Waals surface area contributed by atoms with Gasteiger partial charge >= 0.3 is 5.97 Å². The quantitative estimate of drug-likeness (QED) is 0.905. The molecule has 1 atom stereocenters. The Labute approximate surface area is 152 Å². The van der Waals surface area contributed by atoms with Crippen molar-refractivity contribution in [1.82, 2.24) is 19.6 Å². The summed E-state index contributed by atoms with van der Waals surface area (Å²) < 4.78 is 1.71. The molecular weight excluding hydrogens is 332 g/mol. The largest absolute Gasteiger partial charge is 0.480 e. The van der Waals surface area contributed by atoms with Crippen LogP contribution in [-0.4, -0.2) is 62.7 Å². The molecular formula is C19H24N4O3. The van der Waals surface area contributed by atoms with E-state index in [2.05, 4.69) is 5.10 Å². The van der Waals surface area contributed by atoms with Crippen LogP contribution in [0.5, 0.6) is 0 Å². The number of carboxylic acids is 1. The monoisotopic (exact) mass is 356 g/mol. The fraction of sp³-hybridized carbons (Fsp3) is 0.421. The molecule has 3 rings (SSSR count). The molecule has 7 heteroatoms. The second-order valence-corrected chi connectivity index (χ2v) is 6.65. The van der Waals surface area contributed by atoms with Gasteiger partial charge in [0, 0.05) is 51.1 Å². The first-order chi connectivity index (χ1) is 12.5. The number of aryl methyl sites for hydroxylation is 1. The molecule has 1 N–H and O–H groups in total. The highest BCUT2D eigenvalue weighted by Crippen LogP contribution is 2.29. The number of carbonyl (C=O) groups excluding carboxylic acids is 1. The predicted molar refractivity (Wildman–Crippen MR) is 97.1 cm³/mol. The van der Waals surface area contributed by atoms with E-state index in [1.54, 1.807) is 22.7 Å². The van der Waals surface area contributed by atoms with Crippen LogP contribution in [-0.2, 0) is 9.59 Å². The molecule has 7 nitrogen and oxygen atoms in total. The Morgan fingerprint density at radius 3 is 2.65 bits per heavy atom. The van der Waals surface area contributed by atoms with Crippen molar-refractivity contribution in [3.05, 3.63) is 47.8 Å². The van der Waals surface area contributed by atoms with Gasteiger partial charge in [0.25, 0.3) is 0 Å². The van der Waals surface area contributed by atoms with Crippen molar-refractivity contribution in [1.29, 1.82) is 0 Å². The van der Waals surface area contributed by atoms with E-state index in [1.807, 2.05) is 42.3 Å². The number of hydrogen-bond donors (Lipinski definition) is 1. The van der Waals surface area contributed by atoms with E-state index in [1.165, 1.54) is 0 Å². The molecule has 0 bridgehead atoms. The Balaban J connectivity index is 1.96. The number of aromatic nitrogens is 2. The highest BCUT2D eigenvalue weighted by molar-refractivity contribution is 5.77. The van der Waals surface area contributed by atoms with Gasteiger partial charge < -0.3 is 10.0 Å². The van der Waals surface area contributed by atoms with Crippen LogP contribution in [0.3, 0.4) is 0 Å². The fourth-order valence-electron chi connectivity index (χ4n) is 3.49. The van der Waals surface area contributed by atoms with E-state index in [4.69, 9.17) is 0 Å². The zero-order valence-electron chi connectivity index (χ0n) is 15.1. The van der Waals surface area contributed by atoms with E-state index < -0.39 is 12.0 Å². The maximum atomic E-state index is 12.2. The summed E-state index contributed by atoms with van der Waals surface area (Å²) in [5, 5.41) is 14.3. The molecule has 0 unspecified atom stereocenters. The smallest absolute Gasteiger partial charge is 0.325 e. The molecule has 0 spiro atoms. The lowest BCUT2D eigenvalue weighted by atomic mass is 10.0. The van der Waals surface area contributed by atoms with E-state index >= 15 is 0 Å². The van der Waals surface area contributed by atoms with E-state index in [-0.39, 0.29) is 5.91 Å². The van der Waals surface area contributed by atoms with Gasteiger partial charge in [0.1, 0.15) is 6.04 Å². The molecule has 1 aliphatic heterocycles. The molecule has 2 heterocycles. The van der Waals surface area contributed by atoms with E-state index in [0.29, 0.717) is 31.7 Å². The Bertz CT molecular complexity index is 788. The van der Waals surface area contributed by atoms with Crippen LogP contribution in [0.1, 0.15) is 30.5 Å². The van der Waals surface area contributed by atoms with E-state index in [9.17, 15) is 14.7 Å². The molecule has 1 aliphatic rings. The highest BCUT2D eigenvalue weighted by Gasteiger charge is 2.31. The van der Waals surface area contributed by atoms with Gasteiger partial charge in [-0.25, -0.2) is 4.68 Å². The summed E-state index contributed by atoms with van der Waals surface area (Å²) >= 11 is 0. The maximum absolute atomic E-state index is 12.2. The summed E-state index contributed by atoms with van der Waals surface area (Å²) in [7, 11) is 0. The molecule has 2 aromatic rings. The average molecular weight is 356 g/mol. The lowest BCUT2D eigenvalue weighted by Gasteiger charge is -2.29. The minimum atomic E-state index is -0.890. The van der Waals surface area contributed by atoms with Crippen molar-refractivity contribution in [2.45, 2.75) is 26.3 Å². The van der Waals surface area contributed by atoms with Crippen LogP contribution in [0.2, 0.25) is 0 Å². The van der Waals surface area contributed by atoms with Crippen molar-refractivity contribution in [3.63, 3.8) is 0 Å². The first-order valence-electron chi connectivity index (χ1n) is 8.80. The summed E-state index contributed by atoms with van der Waals surface area (Å²) in [4.78, 5) is 27.6. The first-order valence-corrected chi connectivity index (χ1v) is 8.80. The SMILES string of the molecule is CC(=O)N1CCCN([C@@H](C(=O)O)c2ccc(C)cc2-n2cccn2)CC1. The third-order valence-electron chi connectivity index (χ3n) is 4.81. The minimum Gasteiger partial charge on any atom is -0.480 e. The fourth-order valence-corrected chi connectivity index (χ4v) is 3.49. The summed E-state index contributed by atoms with van der Waals surface area (Å²) in [6.07, 6.45) is 4.25. The topological polar surface area (TPSA) is 78.7 Å². The Morgan fingerprint density at radius 2 is 2.00 bits per heavy atom. The second kappa shape index (κ2) is 7.70.